The van der Waals surface area contributed by atoms with Crippen molar-refractivity contribution in [2.75, 3.05) is 6.61 Å². The lowest BCUT2D eigenvalue weighted by Gasteiger charge is -2.02. The number of aliphatic hydroxyl groups excluding tert-OH is 1. The third kappa shape index (κ3) is 2.65. The highest BCUT2D eigenvalue weighted by atomic mass is 19.1. The average molecular weight is 181 g/mol. The SMILES string of the molecule is NCc1ccc(F)cc1C=CCO. The molecule has 1 aromatic carbocycles. The summed E-state index contributed by atoms with van der Waals surface area (Å²) in [7, 11) is 0. The van der Waals surface area contributed by atoms with Crippen LogP contribution in [0.4, 0.5) is 4.39 Å². The van der Waals surface area contributed by atoms with Gasteiger partial charge in [0, 0.05) is 6.54 Å². The van der Waals surface area contributed by atoms with Crippen molar-refractivity contribution in [3.63, 3.8) is 0 Å². The second-order valence-electron chi connectivity index (χ2n) is 2.63. The molecule has 0 aromatic heterocycles. The van der Waals surface area contributed by atoms with Gasteiger partial charge in [-0.25, -0.2) is 4.39 Å². The van der Waals surface area contributed by atoms with Gasteiger partial charge in [-0.15, -0.1) is 0 Å². The Kier molecular flexibility index (Phi) is 3.61. The van der Waals surface area contributed by atoms with Gasteiger partial charge in [0.2, 0.25) is 0 Å². The monoisotopic (exact) mass is 181 g/mol. The molecule has 2 nitrogen and oxygen atoms in total. The van der Waals surface area contributed by atoms with Gasteiger partial charge < -0.3 is 10.8 Å². The molecule has 3 heteroatoms. The van der Waals surface area contributed by atoms with E-state index in [1.807, 2.05) is 0 Å². The summed E-state index contributed by atoms with van der Waals surface area (Å²) in [5.74, 6) is -0.296. The minimum absolute atomic E-state index is 0.0550. The molecule has 0 aliphatic heterocycles. The van der Waals surface area contributed by atoms with E-state index in [-0.39, 0.29) is 12.4 Å². The first-order chi connectivity index (χ1) is 6.27. The van der Waals surface area contributed by atoms with Crippen LogP contribution >= 0.6 is 0 Å². The molecule has 1 aromatic rings. The Bertz CT molecular complexity index is 310. The third-order valence-corrected chi connectivity index (χ3v) is 1.73. The van der Waals surface area contributed by atoms with Crippen LogP contribution in [0.15, 0.2) is 24.3 Å². The summed E-state index contributed by atoms with van der Waals surface area (Å²) in [4.78, 5) is 0. The predicted molar refractivity (Wildman–Crippen MR) is 50.4 cm³/mol. The Morgan fingerprint density at radius 3 is 2.85 bits per heavy atom. The molecule has 1 rings (SSSR count). The molecule has 0 saturated heterocycles. The maximum Gasteiger partial charge on any atom is 0.123 e. The normalized spacial score (nSPS) is 11.0. The zero-order valence-electron chi connectivity index (χ0n) is 7.20. The van der Waals surface area contributed by atoms with E-state index in [0.29, 0.717) is 6.54 Å². The number of aliphatic hydroxyl groups is 1. The van der Waals surface area contributed by atoms with Crippen LogP contribution in [0.3, 0.4) is 0 Å². The lowest BCUT2D eigenvalue weighted by atomic mass is 10.1. The van der Waals surface area contributed by atoms with Crippen molar-refractivity contribution in [1.82, 2.24) is 0 Å². The molecule has 0 aliphatic rings. The Labute approximate surface area is 76.5 Å². The predicted octanol–water partition coefficient (Wildman–Crippen LogP) is 1.29. The largest absolute Gasteiger partial charge is 0.392 e. The van der Waals surface area contributed by atoms with Crippen molar-refractivity contribution in [1.29, 1.82) is 0 Å². The van der Waals surface area contributed by atoms with Crippen molar-refractivity contribution in [2.24, 2.45) is 5.73 Å². The van der Waals surface area contributed by atoms with Crippen molar-refractivity contribution < 1.29 is 9.50 Å². The molecule has 0 radical (unpaired) electrons. The second kappa shape index (κ2) is 4.74. The molecule has 0 bridgehead atoms. The van der Waals surface area contributed by atoms with E-state index in [2.05, 4.69) is 0 Å². The minimum atomic E-state index is -0.296. The van der Waals surface area contributed by atoms with Crippen LogP contribution in [-0.4, -0.2) is 11.7 Å². The molecule has 0 aliphatic carbocycles. The van der Waals surface area contributed by atoms with Crippen LogP contribution in [-0.2, 0) is 6.54 Å². The average Bonchev–Trinajstić information content (AvgIpc) is 2.15. The maximum atomic E-state index is 12.8. The lowest BCUT2D eigenvalue weighted by Crippen LogP contribution is -1.99. The van der Waals surface area contributed by atoms with Crippen molar-refractivity contribution in [3.8, 4) is 0 Å². The summed E-state index contributed by atoms with van der Waals surface area (Å²) in [6, 6.07) is 4.42. The molecular weight excluding hydrogens is 169 g/mol. The summed E-state index contributed by atoms with van der Waals surface area (Å²) in [6.45, 7) is 0.311. The van der Waals surface area contributed by atoms with E-state index in [1.165, 1.54) is 12.1 Å². The summed E-state index contributed by atoms with van der Waals surface area (Å²) < 4.78 is 12.8. The van der Waals surface area contributed by atoms with E-state index in [1.54, 1.807) is 18.2 Å². The number of hydrogen-bond donors (Lipinski definition) is 2. The first-order valence-electron chi connectivity index (χ1n) is 4.04. The molecule has 13 heavy (non-hydrogen) atoms. The number of benzene rings is 1. The van der Waals surface area contributed by atoms with Crippen LogP contribution < -0.4 is 5.73 Å². The fourth-order valence-corrected chi connectivity index (χ4v) is 1.09. The molecule has 3 N–H and O–H groups in total. The van der Waals surface area contributed by atoms with Crippen LogP contribution in [0.1, 0.15) is 11.1 Å². The van der Waals surface area contributed by atoms with Crippen LogP contribution in [0.2, 0.25) is 0 Å². The van der Waals surface area contributed by atoms with Gasteiger partial charge in [-0.3, -0.25) is 0 Å². The van der Waals surface area contributed by atoms with E-state index >= 15 is 0 Å². The molecule has 0 heterocycles. The molecule has 0 unspecified atom stereocenters. The van der Waals surface area contributed by atoms with Gasteiger partial charge in [0.25, 0.3) is 0 Å². The quantitative estimate of drug-likeness (QED) is 0.738. The number of rotatable bonds is 3. The smallest absolute Gasteiger partial charge is 0.123 e. The first kappa shape index (κ1) is 9.89. The van der Waals surface area contributed by atoms with E-state index in [9.17, 15) is 4.39 Å². The van der Waals surface area contributed by atoms with E-state index in [0.717, 1.165) is 11.1 Å². The summed E-state index contributed by atoms with van der Waals surface area (Å²) in [6.07, 6.45) is 3.21. The topological polar surface area (TPSA) is 46.2 Å². The third-order valence-electron chi connectivity index (χ3n) is 1.73. The number of hydrogen-bond acceptors (Lipinski definition) is 2. The molecule has 0 saturated carbocycles. The zero-order valence-corrected chi connectivity index (χ0v) is 7.20. The van der Waals surface area contributed by atoms with Crippen molar-refractivity contribution >= 4 is 6.08 Å². The first-order valence-corrected chi connectivity index (χ1v) is 4.04. The molecule has 70 valence electrons. The molecular formula is C10H12FNO. The van der Waals surface area contributed by atoms with Gasteiger partial charge in [0.1, 0.15) is 5.82 Å². The standard InChI is InChI=1S/C10H12FNO/c11-10-4-3-9(7-12)8(6-10)2-1-5-13/h1-4,6,13H,5,7,12H2. The summed E-state index contributed by atoms with van der Waals surface area (Å²) in [5, 5.41) is 8.55. The van der Waals surface area contributed by atoms with E-state index < -0.39 is 0 Å². The van der Waals surface area contributed by atoms with Crippen LogP contribution in [0.25, 0.3) is 6.08 Å². The molecule has 0 fully saturated rings. The van der Waals surface area contributed by atoms with Gasteiger partial charge >= 0.3 is 0 Å². The Balaban J connectivity index is 3.01. The van der Waals surface area contributed by atoms with Gasteiger partial charge in [0.15, 0.2) is 0 Å². The lowest BCUT2D eigenvalue weighted by molar-refractivity contribution is 0.343. The highest BCUT2D eigenvalue weighted by molar-refractivity contribution is 5.53. The fourth-order valence-electron chi connectivity index (χ4n) is 1.09. The van der Waals surface area contributed by atoms with E-state index in [4.69, 9.17) is 10.8 Å². The van der Waals surface area contributed by atoms with Gasteiger partial charge in [0.05, 0.1) is 6.61 Å². The van der Waals surface area contributed by atoms with Crippen molar-refractivity contribution in [3.05, 3.63) is 41.2 Å². The van der Waals surface area contributed by atoms with Gasteiger partial charge in [-0.05, 0) is 23.3 Å². The maximum absolute atomic E-state index is 12.8. The Hall–Kier alpha value is -1.19. The second-order valence-corrected chi connectivity index (χ2v) is 2.63. The van der Waals surface area contributed by atoms with Crippen LogP contribution in [0, 0.1) is 5.82 Å². The summed E-state index contributed by atoms with van der Waals surface area (Å²) >= 11 is 0. The molecule has 0 spiro atoms. The Morgan fingerprint density at radius 1 is 1.46 bits per heavy atom. The fraction of sp³-hybridized carbons (Fsp3) is 0.200. The van der Waals surface area contributed by atoms with Gasteiger partial charge in [-0.2, -0.15) is 0 Å². The highest BCUT2D eigenvalue weighted by Crippen LogP contribution is 2.12. The van der Waals surface area contributed by atoms with Gasteiger partial charge in [-0.1, -0.05) is 18.2 Å². The minimum Gasteiger partial charge on any atom is -0.392 e. The molecule has 0 amide bonds. The number of nitrogens with two attached hydrogens (primary N) is 1. The summed E-state index contributed by atoms with van der Waals surface area (Å²) in [5.41, 5.74) is 7.04. The highest BCUT2D eigenvalue weighted by Gasteiger charge is 1.98. The molecule has 0 atom stereocenters. The Morgan fingerprint density at radius 2 is 2.23 bits per heavy atom. The van der Waals surface area contributed by atoms with Crippen molar-refractivity contribution in [2.45, 2.75) is 6.54 Å². The van der Waals surface area contributed by atoms with Crippen LogP contribution in [0.5, 0.6) is 0 Å². The number of halogens is 1. The zero-order chi connectivity index (χ0) is 9.68.